The second-order valence-electron chi connectivity index (χ2n) is 7.27. The summed E-state index contributed by atoms with van der Waals surface area (Å²) >= 11 is 2.29. The molecule has 2 atom stereocenters. The third-order valence-electron chi connectivity index (χ3n) is 3.92. The molecule has 1 fully saturated rings. The van der Waals surface area contributed by atoms with Gasteiger partial charge in [-0.3, -0.25) is 4.90 Å². The first-order valence-electron chi connectivity index (χ1n) is 7.88. The standard InChI is InChI=1S/C17H22IN3O2/c1-10-7-14(21(9-10)16(22)23-17(2,3)4)15-19-12-6-5-11(18)8-13(12)20-15/h5-6,8,10,14H,7,9H2,1-4H3,(H,19,20). The van der Waals surface area contributed by atoms with E-state index in [0.29, 0.717) is 12.5 Å². The lowest BCUT2D eigenvalue weighted by atomic mass is 10.1. The van der Waals surface area contributed by atoms with E-state index >= 15 is 0 Å². The first-order valence-corrected chi connectivity index (χ1v) is 8.95. The number of H-pyrrole nitrogens is 1. The van der Waals surface area contributed by atoms with Crippen LogP contribution in [0.3, 0.4) is 0 Å². The molecule has 1 aliphatic heterocycles. The molecule has 2 unspecified atom stereocenters. The van der Waals surface area contributed by atoms with Crippen LogP contribution in [0.2, 0.25) is 0 Å². The van der Waals surface area contributed by atoms with Gasteiger partial charge in [-0.25, -0.2) is 9.78 Å². The van der Waals surface area contributed by atoms with Crippen LogP contribution in [0.15, 0.2) is 18.2 Å². The number of nitrogens with zero attached hydrogens (tertiary/aromatic N) is 2. The Morgan fingerprint density at radius 1 is 1.43 bits per heavy atom. The lowest BCUT2D eigenvalue weighted by molar-refractivity contribution is 0.0215. The summed E-state index contributed by atoms with van der Waals surface area (Å²) in [4.78, 5) is 22.4. The summed E-state index contributed by atoms with van der Waals surface area (Å²) < 4.78 is 6.72. The van der Waals surface area contributed by atoms with E-state index in [1.165, 1.54) is 0 Å². The molecular formula is C17H22IN3O2. The molecule has 1 saturated heterocycles. The zero-order valence-corrected chi connectivity index (χ0v) is 16.0. The molecule has 0 bridgehead atoms. The molecule has 23 heavy (non-hydrogen) atoms. The van der Waals surface area contributed by atoms with Crippen molar-refractivity contribution in [2.45, 2.75) is 45.8 Å². The average molecular weight is 427 g/mol. The molecule has 0 radical (unpaired) electrons. The number of ether oxygens (including phenoxy) is 1. The lowest BCUT2D eigenvalue weighted by Crippen LogP contribution is -2.37. The van der Waals surface area contributed by atoms with E-state index in [1.54, 1.807) is 4.90 Å². The van der Waals surface area contributed by atoms with E-state index in [2.05, 4.69) is 40.6 Å². The Morgan fingerprint density at radius 3 is 2.87 bits per heavy atom. The van der Waals surface area contributed by atoms with Gasteiger partial charge in [0.2, 0.25) is 0 Å². The SMILES string of the molecule is CC1CC(c2nc3ccc(I)cc3[nH]2)N(C(=O)OC(C)(C)C)C1. The van der Waals surface area contributed by atoms with E-state index < -0.39 is 5.60 Å². The first kappa shape index (κ1) is 16.5. The number of fused-ring (bicyclic) bond motifs is 1. The van der Waals surface area contributed by atoms with Gasteiger partial charge < -0.3 is 9.72 Å². The first-order chi connectivity index (χ1) is 10.7. The quantitative estimate of drug-likeness (QED) is 0.683. The zero-order chi connectivity index (χ0) is 16.8. The van der Waals surface area contributed by atoms with E-state index in [1.807, 2.05) is 32.9 Å². The smallest absolute Gasteiger partial charge is 0.410 e. The molecule has 5 nitrogen and oxygen atoms in total. The summed E-state index contributed by atoms with van der Waals surface area (Å²) in [6.07, 6.45) is 0.637. The van der Waals surface area contributed by atoms with E-state index in [4.69, 9.17) is 9.72 Å². The van der Waals surface area contributed by atoms with Crippen LogP contribution in [0.25, 0.3) is 11.0 Å². The van der Waals surface area contributed by atoms with E-state index in [-0.39, 0.29) is 12.1 Å². The molecule has 3 rings (SSSR count). The van der Waals surface area contributed by atoms with Gasteiger partial charge in [0.25, 0.3) is 0 Å². The number of benzene rings is 1. The number of rotatable bonds is 1. The molecule has 0 aliphatic carbocycles. The molecule has 0 saturated carbocycles. The van der Waals surface area contributed by atoms with E-state index in [0.717, 1.165) is 26.8 Å². The summed E-state index contributed by atoms with van der Waals surface area (Å²) in [6.45, 7) is 8.53. The maximum Gasteiger partial charge on any atom is 0.410 e. The van der Waals surface area contributed by atoms with Gasteiger partial charge in [-0.15, -0.1) is 0 Å². The number of aromatic nitrogens is 2. The van der Waals surface area contributed by atoms with Crippen LogP contribution < -0.4 is 0 Å². The number of aromatic amines is 1. The minimum absolute atomic E-state index is 0.0510. The molecule has 2 aromatic rings. The summed E-state index contributed by atoms with van der Waals surface area (Å²) in [5.41, 5.74) is 1.46. The van der Waals surface area contributed by atoms with Gasteiger partial charge in [0.1, 0.15) is 11.4 Å². The van der Waals surface area contributed by atoms with Crippen molar-refractivity contribution in [2.75, 3.05) is 6.54 Å². The van der Waals surface area contributed by atoms with Crippen molar-refractivity contribution in [2.24, 2.45) is 5.92 Å². The number of imidazole rings is 1. The van der Waals surface area contributed by atoms with Gasteiger partial charge in [0, 0.05) is 10.1 Å². The summed E-state index contributed by atoms with van der Waals surface area (Å²) in [5.74, 6) is 1.28. The largest absolute Gasteiger partial charge is 0.444 e. The summed E-state index contributed by atoms with van der Waals surface area (Å²) in [6, 6.07) is 6.07. The minimum atomic E-state index is -0.489. The van der Waals surface area contributed by atoms with Crippen LogP contribution in [-0.2, 0) is 4.74 Å². The molecule has 1 amide bonds. The maximum absolute atomic E-state index is 12.5. The number of halogens is 1. The van der Waals surface area contributed by atoms with Crippen LogP contribution in [0.5, 0.6) is 0 Å². The third kappa shape index (κ3) is 3.62. The third-order valence-corrected chi connectivity index (χ3v) is 4.59. The number of carbonyl (C=O) groups is 1. The minimum Gasteiger partial charge on any atom is -0.444 e. The van der Waals surface area contributed by atoms with Crippen LogP contribution in [0, 0.1) is 9.49 Å². The van der Waals surface area contributed by atoms with Crippen molar-refractivity contribution < 1.29 is 9.53 Å². The van der Waals surface area contributed by atoms with Crippen molar-refractivity contribution >= 4 is 39.7 Å². The Bertz CT molecular complexity index is 735. The monoisotopic (exact) mass is 427 g/mol. The topological polar surface area (TPSA) is 58.2 Å². The van der Waals surface area contributed by atoms with E-state index in [9.17, 15) is 4.79 Å². The van der Waals surface area contributed by atoms with Crippen molar-refractivity contribution in [1.29, 1.82) is 0 Å². The predicted octanol–water partition coefficient (Wildman–Crippen LogP) is 4.49. The molecule has 124 valence electrons. The highest BCUT2D eigenvalue weighted by Crippen LogP contribution is 2.35. The molecule has 2 heterocycles. The average Bonchev–Trinajstić information content (AvgIpc) is 2.99. The van der Waals surface area contributed by atoms with Crippen molar-refractivity contribution in [1.82, 2.24) is 14.9 Å². The second-order valence-corrected chi connectivity index (χ2v) is 8.52. The van der Waals surface area contributed by atoms with Gasteiger partial charge in [-0.05, 0) is 73.9 Å². The number of hydrogen-bond acceptors (Lipinski definition) is 3. The fourth-order valence-corrected chi connectivity index (χ4v) is 3.48. The number of amides is 1. The Balaban J connectivity index is 1.90. The second kappa shape index (κ2) is 5.96. The number of likely N-dealkylation sites (tertiary alicyclic amines) is 1. The number of carbonyl (C=O) groups excluding carboxylic acids is 1. The molecular weight excluding hydrogens is 405 g/mol. The highest BCUT2D eigenvalue weighted by molar-refractivity contribution is 14.1. The van der Waals surface area contributed by atoms with Crippen LogP contribution in [0.4, 0.5) is 4.79 Å². The molecule has 6 heteroatoms. The molecule has 0 spiro atoms. The Kier molecular flexibility index (Phi) is 4.29. The Hall–Kier alpha value is -1.31. The predicted molar refractivity (Wildman–Crippen MR) is 98.3 cm³/mol. The summed E-state index contributed by atoms with van der Waals surface area (Å²) in [7, 11) is 0. The van der Waals surface area contributed by atoms with Gasteiger partial charge in [0.15, 0.2) is 0 Å². The van der Waals surface area contributed by atoms with Gasteiger partial charge in [-0.2, -0.15) is 0 Å². The number of nitrogens with one attached hydrogen (secondary N) is 1. The van der Waals surface area contributed by atoms with Crippen molar-refractivity contribution in [3.05, 3.63) is 27.6 Å². The maximum atomic E-state index is 12.5. The number of hydrogen-bond donors (Lipinski definition) is 1. The molecule has 1 N–H and O–H groups in total. The van der Waals surface area contributed by atoms with Crippen LogP contribution in [0.1, 0.15) is 46.0 Å². The Labute approximate surface area is 149 Å². The molecule has 1 aliphatic rings. The molecule has 1 aromatic carbocycles. The van der Waals surface area contributed by atoms with Gasteiger partial charge in [0.05, 0.1) is 17.1 Å². The van der Waals surface area contributed by atoms with Crippen LogP contribution >= 0.6 is 22.6 Å². The van der Waals surface area contributed by atoms with Crippen molar-refractivity contribution in [3.8, 4) is 0 Å². The fourth-order valence-electron chi connectivity index (χ4n) is 2.99. The highest BCUT2D eigenvalue weighted by atomic mass is 127. The van der Waals surface area contributed by atoms with Gasteiger partial charge in [-0.1, -0.05) is 6.92 Å². The Morgan fingerprint density at radius 2 is 2.17 bits per heavy atom. The molecule has 1 aromatic heterocycles. The van der Waals surface area contributed by atoms with Crippen molar-refractivity contribution in [3.63, 3.8) is 0 Å². The highest BCUT2D eigenvalue weighted by Gasteiger charge is 2.38. The summed E-state index contributed by atoms with van der Waals surface area (Å²) in [5, 5.41) is 0. The fraction of sp³-hybridized carbons (Fsp3) is 0.529. The normalized spacial score (nSPS) is 21.9. The van der Waals surface area contributed by atoms with Gasteiger partial charge >= 0.3 is 6.09 Å². The zero-order valence-electron chi connectivity index (χ0n) is 13.9. The lowest BCUT2D eigenvalue weighted by Gasteiger charge is -2.27. The van der Waals surface area contributed by atoms with Crippen LogP contribution in [-0.4, -0.2) is 33.1 Å².